The maximum atomic E-state index is 12.8. The molecule has 1 aromatic heterocycles. The summed E-state index contributed by atoms with van der Waals surface area (Å²) in [5, 5.41) is 3.00. The summed E-state index contributed by atoms with van der Waals surface area (Å²) in [6, 6.07) is 1.52. The van der Waals surface area contributed by atoms with E-state index in [1.807, 2.05) is 20.8 Å². The Morgan fingerprint density at radius 2 is 2.14 bits per heavy atom. The highest BCUT2D eigenvalue weighted by Gasteiger charge is 2.34. The van der Waals surface area contributed by atoms with Gasteiger partial charge in [0.25, 0.3) is 5.91 Å². The first-order chi connectivity index (χ1) is 10.4. The van der Waals surface area contributed by atoms with E-state index in [-0.39, 0.29) is 23.9 Å². The Morgan fingerprint density at radius 1 is 1.41 bits per heavy atom. The van der Waals surface area contributed by atoms with Gasteiger partial charge in [0, 0.05) is 12.6 Å². The normalized spacial score (nSPS) is 19.8. The van der Waals surface area contributed by atoms with Crippen molar-refractivity contribution in [2.45, 2.75) is 65.5 Å². The number of amides is 2. The van der Waals surface area contributed by atoms with Gasteiger partial charge in [-0.1, -0.05) is 6.92 Å². The Morgan fingerprint density at radius 3 is 2.73 bits per heavy atom. The van der Waals surface area contributed by atoms with Crippen molar-refractivity contribution >= 4 is 11.8 Å². The smallest absolute Gasteiger partial charge is 0.258 e. The minimum absolute atomic E-state index is 0.0414. The van der Waals surface area contributed by atoms with E-state index in [1.165, 1.54) is 0 Å². The fourth-order valence-electron chi connectivity index (χ4n) is 2.89. The van der Waals surface area contributed by atoms with Gasteiger partial charge in [-0.25, -0.2) is 0 Å². The van der Waals surface area contributed by atoms with Gasteiger partial charge in [0.15, 0.2) is 0 Å². The number of hydrogen-bond acceptors (Lipinski definition) is 3. The Labute approximate surface area is 132 Å². The summed E-state index contributed by atoms with van der Waals surface area (Å²) in [5.41, 5.74) is 0.570. The molecule has 1 aliphatic heterocycles. The van der Waals surface area contributed by atoms with Crippen molar-refractivity contribution in [1.82, 2.24) is 10.2 Å². The average Bonchev–Trinajstić information content (AvgIpc) is 2.84. The second-order valence-electron chi connectivity index (χ2n) is 6.15. The van der Waals surface area contributed by atoms with Crippen LogP contribution in [0.5, 0.6) is 0 Å². The molecule has 1 N–H and O–H groups in total. The number of aryl methyl sites for hydroxylation is 2. The minimum atomic E-state index is -0.371. The highest BCUT2D eigenvalue weighted by atomic mass is 16.3. The molecule has 2 unspecified atom stereocenters. The molecule has 0 saturated carbocycles. The molecule has 0 aromatic carbocycles. The lowest BCUT2D eigenvalue weighted by Crippen LogP contribution is -2.53. The summed E-state index contributed by atoms with van der Waals surface area (Å²) in [7, 11) is 0. The molecule has 0 bridgehead atoms. The van der Waals surface area contributed by atoms with Crippen LogP contribution in [0.4, 0.5) is 0 Å². The van der Waals surface area contributed by atoms with Crippen LogP contribution < -0.4 is 5.32 Å². The van der Waals surface area contributed by atoms with Crippen molar-refractivity contribution < 1.29 is 14.0 Å². The van der Waals surface area contributed by atoms with E-state index < -0.39 is 0 Å². The Balaban J connectivity index is 2.17. The molecule has 2 amide bonds. The van der Waals surface area contributed by atoms with Gasteiger partial charge in [-0.3, -0.25) is 9.59 Å². The van der Waals surface area contributed by atoms with Crippen molar-refractivity contribution in [2.75, 3.05) is 6.54 Å². The van der Waals surface area contributed by atoms with Crippen molar-refractivity contribution in [3.63, 3.8) is 0 Å². The molecule has 122 valence electrons. The SMILES string of the molecule is CCC(C)NC(=O)C1CCCCN1C(=O)c1cc(C)oc1C. The van der Waals surface area contributed by atoms with Crippen LogP contribution in [0.25, 0.3) is 0 Å². The van der Waals surface area contributed by atoms with Crippen LogP contribution in [-0.2, 0) is 4.79 Å². The van der Waals surface area contributed by atoms with Crippen molar-refractivity contribution in [2.24, 2.45) is 0 Å². The van der Waals surface area contributed by atoms with E-state index in [1.54, 1.807) is 17.9 Å². The Hall–Kier alpha value is -1.78. The van der Waals surface area contributed by atoms with Gasteiger partial charge in [0.2, 0.25) is 5.91 Å². The zero-order valence-corrected chi connectivity index (χ0v) is 13.9. The molecular weight excluding hydrogens is 280 g/mol. The van der Waals surface area contributed by atoms with E-state index in [0.717, 1.165) is 31.4 Å². The molecule has 0 aliphatic carbocycles. The van der Waals surface area contributed by atoms with Crippen molar-refractivity contribution in [3.8, 4) is 0 Å². The number of hydrogen-bond donors (Lipinski definition) is 1. The zero-order valence-electron chi connectivity index (χ0n) is 13.9. The van der Waals surface area contributed by atoms with Crippen LogP contribution in [-0.4, -0.2) is 35.3 Å². The van der Waals surface area contributed by atoms with Crippen molar-refractivity contribution in [3.05, 3.63) is 23.2 Å². The maximum absolute atomic E-state index is 12.8. The largest absolute Gasteiger partial charge is 0.466 e. The maximum Gasteiger partial charge on any atom is 0.258 e. The van der Waals surface area contributed by atoms with Crippen LogP contribution >= 0.6 is 0 Å². The van der Waals surface area contributed by atoms with Crippen LogP contribution in [0.1, 0.15) is 61.4 Å². The zero-order chi connectivity index (χ0) is 16.3. The molecule has 0 radical (unpaired) electrons. The van der Waals surface area contributed by atoms with Crippen LogP contribution in [0.15, 0.2) is 10.5 Å². The van der Waals surface area contributed by atoms with E-state index in [9.17, 15) is 9.59 Å². The molecule has 1 saturated heterocycles. The van der Waals surface area contributed by atoms with E-state index in [4.69, 9.17) is 4.42 Å². The lowest BCUT2D eigenvalue weighted by molar-refractivity contribution is -0.127. The quantitative estimate of drug-likeness (QED) is 0.930. The van der Waals surface area contributed by atoms with Crippen LogP contribution in [0.3, 0.4) is 0 Å². The van der Waals surface area contributed by atoms with E-state index in [2.05, 4.69) is 5.32 Å². The molecule has 2 atom stereocenters. The van der Waals surface area contributed by atoms with Gasteiger partial charge in [-0.2, -0.15) is 0 Å². The number of rotatable bonds is 4. The lowest BCUT2D eigenvalue weighted by atomic mass is 9.99. The fraction of sp³-hybridized carbons (Fsp3) is 0.647. The van der Waals surface area contributed by atoms with E-state index >= 15 is 0 Å². The number of piperidine rings is 1. The summed E-state index contributed by atoms with van der Waals surface area (Å²) in [6.45, 7) is 8.26. The summed E-state index contributed by atoms with van der Waals surface area (Å²) in [4.78, 5) is 27.0. The molecule has 2 rings (SSSR count). The van der Waals surface area contributed by atoms with Crippen molar-refractivity contribution in [1.29, 1.82) is 0 Å². The predicted octanol–water partition coefficient (Wildman–Crippen LogP) is 2.81. The van der Waals surface area contributed by atoms with Gasteiger partial charge >= 0.3 is 0 Å². The number of carbonyl (C=O) groups excluding carboxylic acids is 2. The third-order valence-corrected chi connectivity index (χ3v) is 4.34. The standard InChI is InChI=1S/C17H26N2O3/c1-5-11(2)18-16(20)15-8-6-7-9-19(15)17(21)14-10-12(3)22-13(14)4/h10-11,15H,5-9H2,1-4H3,(H,18,20). The summed E-state index contributed by atoms with van der Waals surface area (Å²) in [5.74, 6) is 1.20. The molecule has 5 heteroatoms. The second-order valence-corrected chi connectivity index (χ2v) is 6.15. The number of carbonyl (C=O) groups is 2. The molecule has 0 spiro atoms. The van der Waals surface area contributed by atoms with Crippen LogP contribution in [0.2, 0.25) is 0 Å². The van der Waals surface area contributed by atoms with Gasteiger partial charge in [0.05, 0.1) is 5.56 Å². The van der Waals surface area contributed by atoms with Gasteiger partial charge < -0.3 is 14.6 Å². The number of likely N-dealkylation sites (tertiary alicyclic amines) is 1. The van der Waals surface area contributed by atoms with Gasteiger partial charge in [0.1, 0.15) is 17.6 Å². The fourth-order valence-corrected chi connectivity index (χ4v) is 2.89. The molecule has 1 aliphatic rings. The number of furan rings is 1. The highest BCUT2D eigenvalue weighted by molar-refractivity contribution is 5.98. The first-order valence-electron chi connectivity index (χ1n) is 8.12. The number of nitrogens with zero attached hydrogens (tertiary/aromatic N) is 1. The summed E-state index contributed by atoms with van der Waals surface area (Å²) >= 11 is 0. The topological polar surface area (TPSA) is 62.6 Å². The third kappa shape index (κ3) is 3.51. The summed E-state index contributed by atoms with van der Waals surface area (Å²) < 4.78 is 5.46. The average molecular weight is 306 g/mol. The minimum Gasteiger partial charge on any atom is -0.466 e. The first-order valence-corrected chi connectivity index (χ1v) is 8.12. The van der Waals surface area contributed by atoms with Gasteiger partial charge in [-0.05, 0) is 52.5 Å². The Bertz CT molecular complexity index is 550. The number of nitrogens with one attached hydrogen (secondary N) is 1. The molecule has 1 aromatic rings. The Kier molecular flexibility index (Phi) is 5.27. The summed E-state index contributed by atoms with van der Waals surface area (Å²) in [6.07, 6.45) is 3.52. The monoisotopic (exact) mass is 306 g/mol. The second kappa shape index (κ2) is 6.99. The van der Waals surface area contributed by atoms with Crippen LogP contribution in [0, 0.1) is 13.8 Å². The molecule has 22 heavy (non-hydrogen) atoms. The highest BCUT2D eigenvalue weighted by Crippen LogP contribution is 2.23. The third-order valence-electron chi connectivity index (χ3n) is 4.34. The molecular formula is C17H26N2O3. The molecule has 2 heterocycles. The van der Waals surface area contributed by atoms with Gasteiger partial charge in [-0.15, -0.1) is 0 Å². The van der Waals surface area contributed by atoms with E-state index in [0.29, 0.717) is 17.9 Å². The lowest BCUT2D eigenvalue weighted by Gasteiger charge is -2.35. The predicted molar refractivity (Wildman–Crippen MR) is 84.8 cm³/mol. The molecule has 5 nitrogen and oxygen atoms in total. The molecule has 1 fully saturated rings. The first kappa shape index (κ1) is 16.6.